The van der Waals surface area contributed by atoms with Crippen molar-refractivity contribution in [3.8, 4) is 5.75 Å². The molecule has 0 amide bonds. The van der Waals surface area contributed by atoms with Crippen molar-refractivity contribution >= 4 is 16.4 Å². The third-order valence-corrected chi connectivity index (χ3v) is 4.37. The van der Waals surface area contributed by atoms with Crippen molar-refractivity contribution in [2.45, 2.75) is 30.6 Å². The molecule has 2 rings (SSSR count). The van der Waals surface area contributed by atoms with Crippen LogP contribution >= 0.6 is 0 Å². The van der Waals surface area contributed by atoms with Crippen molar-refractivity contribution < 1.29 is 18.3 Å². The van der Waals surface area contributed by atoms with Crippen LogP contribution in [-0.4, -0.2) is 53.1 Å². The summed E-state index contributed by atoms with van der Waals surface area (Å²) in [5.74, 6) is -0.212. The van der Waals surface area contributed by atoms with Gasteiger partial charge in [-0.05, 0) is 48.9 Å². The van der Waals surface area contributed by atoms with Gasteiger partial charge in [0.1, 0.15) is 17.0 Å². The van der Waals surface area contributed by atoms with Crippen LogP contribution in [-0.2, 0) is 27.6 Å². The molecule has 0 fully saturated rings. The smallest absolute Gasteiger partial charge is 0.287 e. The first-order chi connectivity index (χ1) is 10.3. The molecular formula is C15H24N2O4S. The van der Waals surface area contributed by atoms with Gasteiger partial charge in [-0.2, -0.15) is 8.42 Å². The standard InChI is InChI=1S/C13H18N2O3S.C2H6O/c1-15(2)9-14-19(17,18)13-8-11-6-4-3-5-10(11)7-12(13)16;1-3-2/h7-9,16H,3-6H2,1-2H3;1-2H3/b14-9+;. The fraction of sp³-hybridized carbons (Fsp3) is 0.533. The molecule has 7 heteroatoms. The second kappa shape index (κ2) is 8.14. The number of sulfonamides is 1. The van der Waals surface area contributed by atoms with Gasteiger partial charge in [0, 0.05) is 28.3 Å². The van der Waals surface area contributed by atoms with Crippen LogP contribution in [0.25, 0.3) is 0 Å². The Morgan fingerprint density at radius 1 is 1.18 bits per heavy atom. The lowest BCUT2D eigenvalue weighted by molar-refractivity contribution is 0.277. The summed E-state index contributed by atoms with van der Waals surface area (Å²) in [6.07, 6.45) is 5.10. The molecule has 0 bridgehead atoms. The van der Waals surface area contributed by atoms with Crippen LogP contribution in [0.4, 0.5) is 0 Å². The molecule has 0 aliphatic heterocycles. The Labute approximate surface area is 132 Å². The first-order valence-corrected chi connectivity index (χ1v) is 8.47. The minimum Gasteiger partial charge on any atom is -0.507 e. The Hall–Kier alpha value is -1.60. The maximum Gasteiger partial charge on any atom is 0.287 e. The topological polar surface area (TPSA) is 79.2 Å². The Balaban J connectivity index is 0.000000745. The first-order valence-electron chi connectivity index (χ1n) is 7.03. The molecule has 1 aromatic rings. The van der Waals surface area contributed by atoms with E-state index in [2.05, 4.69) is 9.13 Å². The van der Waals surface area contributed by atoms with E-state index < -0.39 is 10.0 Å². The molecule has 0 spiro atoms. The van der Waals surface area contributed by atoms with Crippen molar-refractivity contribution in [2.24, 2.45) is 4.40 Å². The Morgan fingerprint density at radius 2 is 1.68 bits per heavy atom. The third kappa shape index (κ3) is 4.99. The fourth-order valence-electron chi connectivity index (χ4n) is 2.17. The van der Waals surface area contributed by atoms with Gasteiger partial charge in [-0.1, -0.05) is 0 Å². The predicted octanol–water partition coefficient (Wildman–Crippen LogP) is 1.81. The minimum atomic E-state index is -3.84. The summed E-state index contributed by atoms with van der Waals surface area (Å²) >= 11 is 0. The molecule has 6 nitrogen and oxygen atoms in total. The molecular weight excluding hydrogens is 304 g/mol. The molecule has 124 valence electrons. The number of hydrogen-bond donors (Lipinski definition) is 1. The van der Waals surface area contributed by atoms with Gasteiger partial charge in [-0.15, -0.1) is 4.40 Å². The molecule has 1 N–H and O–H groups in total. The lowest BCUT2D eigenvalue weighted by atomic mass is 9.92. The highest BCUT2D eigenvalue weighted by molar-refractivity contribution is 7.90. The number of aryl methyl sites for hydroxylation is 2. The van der Waals surface area contributed by atoms with E-state index in [-0.39, 0.29) is 10.6 Å². The van der Waals surface area contributed by atoms with Crippen molar-refractivity contribution in [1.29, 1.82) is 0 Å². The van der Waals surface area contributed by atoms with Crippen LogP contribution in [0.15, 0.2) is 21.4 Å². The number of hydrogen-bond acceptors (Lipinski definition) is 4. The SMILES string of the molecule is CN(C)/C=N/S(=O)(=O)c1cc2c(cc1O)CCCC2.COC. The van der Waals surface area contributed by atoms with E-state index in [9.17, 15) is 13.5 Å². The number of ether oxygens (including phenoxy) is 1. The summed E-state index contributed by atoms with van der Waals surface area (Å²) in [4.78, 5) is 1.43. The van der Waals surface area contributed by atoms with E-state index >= 15 is 0 Å². The van der Waals surface area contributed by atoms with Crippen LogP contribution in [0.2, 0.25) is 0 Å². The summed E-state index contributed by atoms with van der Waals surface area (Å²) < 4.78 is 31.9. The normalized spacial score (nSPS) is 14.2. The van der Waals surface area contributed by atoms with Gasteiger partial charge in [0.15, 0.2) is 0 Å². The van der Waals surface area contributed by atoms with E-state index in [0.717, 1.165) is 36.8 Å². The second-order valence-electron chi connectivity index (χ2n) is 5.36. The molecule has 0 unspecified atom stereocenters. The van der Waals surface area contributed by atoms with Crippen LogP contribution in [0.3, 0.4) is 0 Å². The van der Waals surface area contributed by atoms with Crippen LogP contribution < -0.4 is 0 Å². The van der Waals surface area contributed by atoms with Crippen molar-refractivity contribution in [1.82, 2.24) is 4.90 Å². The van der Waals surface area contributed by atoms with Crippen molar-refractivity contribution in [3.05, 3.63) is 23.3 Å². The molecule has 0 radical (unpaired) electrons. The van der Waals surface area contributed by atoms with Gasteiger partial charge in [0.2, 0.25) is 0 Å². The summed E-state index contributed by atoms with van der Waals surface area (Å²) in [5.41, 5.74) is 2.04. The minimum absolute atomic E-state index is 0.105. The van der Waals surface area contributed by atoms with E-state index in [0.29, 0.717) is 0 Å². The Morgan fingerprint density at radius 3 is 2.18 bits per heavy atom. The van der Waals surface area contributed by atoms with Gasteiger partial charge >= 0.3 is 0 Å². The molecule has 0 atom stereocenters. The van der Waals surface area contributed by atoms with Gasteiger partial charge in [0.05, 0.1) is 0 Å². The molecule has 22 heavy (non-hydrogen) atoms. The molecule has 1 aliphatic rings. The lowest BCUT2D eigenvalue weighted by Gasteiger charge is -2.17. The first kappa shape index (κ1) is 18.4. The highest BCUT2D eigenvalue weighted by atomic mass is 32.2. The van der Waals surface area contributed by atoms with E-state index in [1.165, 1.54) is 11.2 Å². The molecule has 0 heterocycles. The van der Waals surface area contributed by atoms with Gasteiger partial charge in [-0.25, -0.2) is 0 Å². The molecule has 1 aliphatic carbocycles. The Kier molecular flexibility index (Phi) is 6.83. The zero-order chi connectivity index (χ0) is 16.8. The number of phenolic OH excluding ortho intramolecular Hbond substituents is 1. The highest BCUT2D eigenvalue weighted by Crippen LogP contribution is 2.31. The number of benzene rings is 1. The summed E-state index contributed by atoms with van der Waals surface area (Å²) in [5, 5.41) is 9.90. The molecule has 0 saturated heterocycles. The third-order valence-electron chi connectivity index (χ3n) is 3.12. The summed E-state index contributed by atoms with van der Waals surface area (Å²) in [7, 11) is 2.78. The van der Waals surface area contributed by atoms with Crippen LogP contribution in [0.5, 0.6) is 5.75 Å². The number of rotatable bonds is 3. The molecule has 0 aromatic heterocycles. The van der Waals surface area contributed by atoms with E-state index in [1.807, 2.05) is 0 Å². The van der Waals surface area contributed by atoms with Crippen molar-refractivity contribution in [3.63, 3.8) is 0 Å². The summed E-state index contributed by atoms with van der Waals surface area (Å²) in [6, 6.07) is 3.12. The van der Waals surface area contributed by atoms with Gasteiger partial charge in [-0.3, -0.25) is 0 Å². The fourth-order valence-corrected chi connectivity index (χ4v) is 3.21. The second-order valence-corrected chi connectivity index (χ2v) is 6.96. The average Bonchev–Trinajstić information content (AvgIpc) is 2.45. The van der Waals surface area contributed by atoms with E-state index in [4.69, 9.17) is 0 Å². The highest BCUT2D eigenvalue weighted by Gasteiger charge is 2.21. The predicted molar refractivity (Wildman–Crippen MR) is 87.0 cm³/mol. The van der Waals surface area contributed by atoms with Gasteiger partial charge in [0.25, 0.3) is 10.0 Å². The largest absolute Gasteiger partial charge is 0.507 e. The lowest BCUT2D eigenvalue weighted by Crippen LogP contribution is -2.11. The van der Waals surface area contributed by atoms with E-state index in [1.54, 1.807) is 40.4 Å². The number of aromatic hydroxyl groups is 1. The Bertz CT molecular complexity index is 625. The summed E-state index contributed by atoms with van der Waals surface area (Å²) in [6.45, 7) is 0. The molecule has 0 saturated carbocycles. The zero-order valence-electron chi connectivity index (χ0n) is 13.5. The quantitative estimate of drug-likeness (QED) is 0.676. The van der Waals surface area contributed by atoms with Gasteiger partial charge < -0.3 is 14.7 Å². The van der Waals surface area contributed by atoms with Crippen molar-refractivity contribution in [2.75, 3.05) is 28.3 Å². The average molecular weight is 328 g/mol. The molecule has 1 aromatic carbocycles. The maximum atomic E-state index is 12.1. The van der Waals surface area contributed by atoms with Crippen LogP contribution in [0.1, 0.15) is 24.0 Å². The van der Waals surface area contributed by atoms with Crippen LogP contribution in [0, 0.1) is 0 Å². The monoisotopic (exact) mass is 328 g/mol. The number of phenols is 1. The number of nitrogens with zero attached hydrogens (tertiary/aromatic N) is 2. The number of fused-ring (bicyclic) bond motifs is 1. The number of methoxy groups -OCH3 is 1. The maximum absolute atomic E-state index is 12.1. The zero-order valence-corrected chi connectivity index (χ0v) is 14.4.